The first-order valence-electron chi connectivity index (χ1n) is 6.02. The number of hydrogen-bond donors (Lipinski definition) is 2. The summed E-state index contributed by atoms with van der Waals surface area (Å²) in [5.41, 5.74) is 6.27. The fraction of sp³-hybridized carbons (Fsp3) is 0.462. The number of carbonyl (C=O) groups is 1. The molecule has 5 heteroatoms. The maximum absolute atomic E-state index is 13.7. The molecule has 2 atom stereocenters. The average molecular weight is 252 g/mol. The Labute approximate surface area is 105 Å². The van der Waals surface area contributed by atoms with Gasteiger partial charge in [0.1, 0.15) is 11.9 Å². The molecule has 0 aliphatic carbocycles. The molecule has 4 nitrogen and oxygen atoms in total. The molecule has 0 aromatic heterocycles. The van der Waals surface area contributed by atoms with Gasteiger partial charge in [-0.15, -0.1) is 0 Å². The summed E-state index contributed by atoms with van der Waals surface area (Å²) in [4.78, 5) is 11.9. The molecule has 3 N–H and O–H groups in total. The Hall–Kier alpha value is -1.46. The van der Waals surface area contributed by atoms with Crippen LogP contribution in [0.15, 0.2) is 18.2 Å². The molecule has 1 saturated heterocycles. The third kappa shape index (κ3) is 2.68. The lowest BCUT2D eigenvalue weighted by Crippen LogP contribution is -2.31. The van der Waals surface area contributed by atoms with E-state index >= 15 is 0 Å². The summed E-state index contributed by atoms with van der Waals surface area (Å²) in [7, 11) is 0. The molecule has 1 fully saturated rings. The van der Waals surface area contributed by atoms with Crippen molar-refractivity contribution in [3.63, 3.8) is 0 Å². The Bertz CT molecular complexity index is 451. The maximum atomic E-state index is 13.7. The van der Waals surface area contributed by atoms with Gasteiger partial charge < -0.3 is 15.8 Å². The molecule has 1 aromatic rings. The third-order valence-electron chi connectivity index (χ3n) is 3.17. The minimum atomic E-state index is -0.487. The number of ether oxygens (including phenoxy) is 1. The van der Waals surface area contributed by atoms with Gasteiger partial charge in [0.05, 0.1) is 5.69 Å². The minimum Gasteiger partial charge on any atom is -0.368 e. The van der Waals surface area contributed by atoms with Crippen molar-refractivity contribution in [1.29, 1.82) is 0 Å². The van der Waals surface area contributed by atoms with Gasteiger partial charge in [0, 0.05) is 13.2 Å². The van der Waals surface area contributed by atoms with Crippen LogP contribution in [0.5, 0.6) is 0 Å². The van der Waals surface area contributed by atoms with Gasteiger partial charge in [-0.1, -0.05) is 13.0 Å². The molecule has 0 radical (unpaired) electrons. The van der Waals surface area contributed by atoms with E-state index in [2.05, 4.69) is 5.32 Å². The number of hydrogen-bond acceptors (Lipinski definition) is 3. The topological polar surface area (TPSA) is 64.3 Å². The molecule has 1 amide bonds. The summed E-state index contributed by atoms with van der Waals surface area (Å²) >= 11 is 0. The largest absolute Gasteiger partial charge is 0.368 e. The fourth-order valence-corrected chi connectivity index (χ4v) is 2.02. The predicted molar refractivity (Wildman–Crippen MR) is 66.4 cm³/mol. The van der Waals surface area contributed by atoms with Crippen LogP contribution in [0.25, 0.3) is 0 Å². The van der Waals surface area contributed by atoms with E-state index in [1.807, 2.05) is 6.92 Å². The van der Waals surface area contributed by atoms with Crippen LogP contribution in [-0.2, 0) is 16.1 Å². The number of anilines is 1. The van der Waals surface area contributed by atoms with Gasteiger partial charge in [-0.2, -0.15) is 0 Å². The molecule has 2 rings (SSSR count). The summed E-state index contributed by atoms with van der Waals surface area (Å²) in [6, 6.07) is 4.54. The summed E-state index contributed by atoms with van der Waals surface area (Å²) < 4.78 is 19.0. The van der Waals surface area contributed by atoms with Crippen LogP contribution in [0.4, 0.5) is 10.1 Å². The Kier molecular flexibility index (Phi) is 3.93. The second-order valence-electron chi connectivity index (χ2n) is 4.56. The van der Waals surface area contributed by atoms with E-state index in [-0.39, 0.29) is 24.1 Å². The normalized spacial score (nSPS) is 23.1. The van der Waals surface area contributed by atoms with Crippen molar-refractivity contribution in [1.82, 2.24) is 0 Å². The molecule has 1 aliphatic rings. The summed E-state index contributed by atoms with van der Waals surface area (Å²) in [5, 5.41) is 2.55. The highest BCUT2D eigenvalue weighted by molar-refractivity contribution is 5.94. The van der Waals surface area contributed by atoms with E-state index < -0.39 is 11.9 Å². The predicted octanol–water partition coefficient (Wildman–Crippen LogP) is 1.65. The SMILES string of the molecule is CC1CCOC1C(=O)Nc1ccc(CN)cc1F. The average Bonchev–Trinajstić information content (AvgIpc) is 2.78. The van der Waals surface area contributed by atoms with E-state index in [0.29, 0.717) is 12.2 Å². The van der Waals surface area contributed by atoms with Crippen molar-refractivity contribution in [3.8, 4) is 0 Å². The summed E-state index contributed by atoms with van der Waals surface area (Å²) in [6.45, 7) is 2.80. The quantitative estimate of drug-likeness (QED) is 0.859. The van der Waals surface area contributed by atoms with E-state index in [1.54, 1.807) is 6.07 Å². The molecule has 0 bridgehead atoms. The first kappa shape index (κ1) is 13.0. The van der Waals surface area contributed by atoms with Crippen LogP contribution in [-0.4, -0.2) is 18.6 Å². The molecular formula is C13H17FN2O2. The Morgan fingerprint density at radius 2 is 2.39 bits per heavy atom. The zero-order valence-corrected chi connectivity index (χ0v) is 10.3. The molecule has 0 spiro atoms. The summed E-state index contributed by atoms with van der Waals surface area (Å²) in [5.74, 6) is -0.604. The van der Waals surface area contributed by atoms with Crippen LogP contribution in [0.2, 0.25) is 0 Å². The van der Waals surface area contributed by atoms with Gasteiger partial charge in [0.15, 0.2) is 0 Å². The lowest BCUT2D eigenvalue weighted by molar-refractivity contribution is -0.126. The lowest BCUT2D eigenvalue weighted by Gasteiger charge is -2.15. The molecule has 98 valence electrons. The Balaban J connectivity index is 2.07. The standard InChI is InChI=1S/C13H17FN2O2/c1-8-4-5-18-12(8)13(17)16-11-3-2-9(7-15)6-10(11)14/h2-3,6,8,12H,4-5,7,15H2,1H3,(H,16,17). The second kappa shape index (κ2) is 5.46. The smallest absolute Gasteiger partial charge is 0.253 e. The first-order valence-corrected chi connectivity index (χ1v) is 6.02. The van der Waals surface area contributed by atoms with Crippen molar-refractivity contribution >= 4 is 11.6 Å². The number of benzene rings is 1. The third-order valence-corrected chi connectivity index (χ3v) is 3.17. The Morgan fingerprint density at radius 1 is 1.61 bits per heavy atom. The first-order chi connectivity index (χ1) is 8.61. The van der Waals surface area contributed by atoms with Crippen LogP contribution >= 0.6 is 0 Å². The van der Waals surface area contributed by atoms with Gasteiger partial charge in [0.25, 0.3) is 5.91 Å². The fourth-order valence-electron chi connectivity index (χ4n) is 2.02. The van der Waals surface area contributed by atoms with Gasteiger partial charge in [-0.3, -0.25) is 4.79 Å². The lowest BCUT2D eigenvalue weighted by atomic mass is 10.0. The van der Waals surface area contributed by atoms with Crippen LogP contribution in [0, 0.1) is 11.7 Å². The number of amides is 1. The van der Waals surface area contributed by atoms with E-state index in [1.165, 1.54) is 12.1 Å². The van der Waals surface area contributed by atoms with Crippen molar-refractivity contribution in [2.75, 3.05) is 11.9 Å². The number of halogens is 1. The summed E-state index contributed by atoms with van der Waals surface area (Å²) in [6.07, 6.45) is 0.366. The van der Waals surface area contributed by atoms with Crippen LogP contribution in [0.3, 0.4) is 0 Å². The highest BCUT2D eigenvalue weighted by Crippen LogP contribution is 2.22. The highest BCUT2D eigenvalue weighted by atomic mass is 19.1. The van der Waals surface area contributed by atoms with Gasteiger partial charge >= 0.3 is 0 Å². The van der Waals surface area contributed by atoms with Crippen molar-refractivity contribution in [3.05, 3.63) is 29.6 Å². The molecule has 1 aromatic carbocycles. The molecule has 0 saturated carbocycles. The van der Waals surface area contributed by atoms with E-state index in [4.69, 9.17) is 10.5 Å². The number of nitrogens with one attached hydrogen (secondary N) is 1. The van der Waals surface area contributed by atoms with Crippen molar-refractivity contribution in [2.45, 2.75) is 26.0 Å². The molecule has 18 heavy (non-hydrogen) atoms. The highest BCUT2D eigenvalue weighted by Gasteiger charge is 2.31. The second-order valence-corrected chi connectivity index (χ2v) is 4.56. The minimum absolute atomic E-state index is 0.163. The number of carbonyl (C=O) groups excluding carboxylic acids is 1. The molecule has 2 unspecified atom stereocenters. The monoisotopic (exact) mass is 252 g/mol. The van der Waals surface area contributed by atoms with E-state index in [0.717, 1.165) is 6.42 Å². The van der Waals surface area contributed by atoms with Gasteiger partial charge in [0.2, 0.25) is 0 Å². The van der Waals surface area contributed by atoms with Crippen LogP contribution in [0.1, 0.15) is 18.9 Å². The van der Waals surface area contributed by atoms with E-state index in [9.17, 15) is 9.18 Å². The molecule has 1 aliphatic heterocycles. The van der Waals surface area contributed by atoms with Gasteiger partial charge in [-0.25, -0.2) is 4.39 Å². The number of rotatable bonds is 3. The molecular weight excluding hydrogens is 235 g/mol. The zero-order chi connectivity index (χ0) is 13.1. The van der Waals surface area contributed by atoms with Crippen molar-refractivity contribution in [2.24, 2.45) is 11.7 Å². The number of nitrogens with two attached hydrogens (primary N) is 1. The van der Waals surface area contributed by atoms with Gasteiger partial charge in [-0.05, 0) is 30.0 Å². The maximum Gasteiger partial charge on any atom is 0.253 e. The molecule has 1 heterocycles. The van der Waals surface area contributed by atoms with Crippen LogP contribution < -0.4 is 11.1 Å². The zero-order valence-electron chi connectivity index (χ0n) is 10.3. The Morgan fingerprint density at radius 3 is 2.94 bits per heavy atom. The van der Waals surface area contributed by atoms with Crippen molar-refractivity contribution < 1.29 is 13.9 Å².